The smallest absolute Gasteiger partial charge is 0.0223 e. The molecule has 2 heteroatoms. The molecule has 0 spiro atoms. The molecule has 0 aromatic heterocycles. The molecule has 0 aromatic rings. The van der Waals surface area contributed by atoms with E-state index in [0.717, 1.165) is 6.04 Å². The zero-order valence-corrected chi connectivity index (χ0v) is 10.1. The van der Waals surface area contributed by atoms with Crippen LogP contribution in [0.2, 0.25) is 0 Å². The van der Waals surface area contributed by atoms with Crippen molar-refractivity contribution in [3.63, 3.8) is 0 Å². The van der Waals surface area contributed by atoms with Gasteiger partial charge in [0.25, 0.3) is 0 Å². The Bertz CT molecular complexity index is 147. The minimum Gasteiger partial charge on any atom is -0.305 e. The fourth-order valence-corrected chi connectivity index (χ4v) is 2.40. The van der Waals surface area contributed by atoms with Crippen molar-refractivity contribution in [3.8, 4) is 0 Å². The number of piperidine rings is 1. The van der Waals surface area contributed by atoms with Crippen LogP contribution in [0.5, 0.6) is 0 Å². The van der Waals surface area contributed by atoms with Gasteiger partial charge in [0.15, 0.2) is 0 Å². The molecule has 1 aliphatic rings. The largest absolute Gasteiger partial charge is 0.305 e. The minimum atomic E-state index is 0.824. The van der Waals surface area contributed by atoms with Crippen molar-refractivity contribution in [3.05, 3.63) is 0 Å². The van der Waals surface area contributed by atoms with Crippen molar-refractivity contribution in [1.29, 1.82) is 0 Å². The van der Waals surface area contributed by atoms with Gasteiger partial charge in [0.2, 0.25) is 0 Å². The van der Waals surface area contributed by atoms with Gasteiger partial charge < -0.3 is 4.90 Å². The molecule has 84 valence electrons. The molecule has 1 rings (SSSR count). The van der Waals surface area contributed by atoms with E-state index < -0.39 is 0 Å². The van der Waals surface area contributed by atoms with Crippen LogP contribution in [0.4, 0.5) is 0 Å². The quantitative estimate of drug-likeness (QED) is 0.668. The van der Waals surface area contributed by atoms with Crippen LogP contribution >= 0.6 is 0 Å². The normalized spacial score (nSPS) is 24.4. The molecule has 0 aliphatic carbocycles. The first-order chi connectivity index (χ1) is 6.77. The summed E-state index contributed by atoms with van der Waals surface area (Å²) in [7, 11) is 2.25. The highest BCUT2D eigenvalue weighted by Crippen LogP contribution is 2.14. The molecule has 0 N–H and O–H groups in total. The van der Waals surface area contributed by atoms with E-state index in [1.165, 1.54) is 51.9 Å². The molecule has 1 aliphatic heterocycles. The lowest BCUT2D eigenvalue weighted by Gasteiger charge is -2.37. The molecule has 1 heterocycles. The second-order valence-corrected chi connectivity index (χ2v) is 4.54. The summed E-state index contributed by atoms with van der Waals surface area (Å²) in [6, 6.07) is 0.824. The topological polar surface area (TPSA) is 6.48 Å². The lowest BCUT2D eigenvalue weighted by atomic mass is 10.0. The average molecular weight is 198 g/mol. The number of hydrogen-bond donors (Lipinski definition) is 0. The Labute approximate surface area is 89.3 Å². The SMILES string of the molecule is CCCCN(CC)C1CCCN(C)C1. The Morgan fingerprint density at radius 2 is 2.14 bits per heavy atom. The highest BCUT2D eigenvalue weighted by molar-refractivity contribution is 4.78. The lowest BCUT2D eigenvalue weighted by Crippen LogP contribution is -2.46. The molecule has 0 saturated carbocycles. The number of unbranched alkanes of at least 4 members (excludes halogenated alkanes) is 1. The molecule has 1 unspecified atom stereocenters. The van der Waals surface area contributed by atoms with Crippen molar-refractivity contribution in [2.24, 2.45) is 0 Å². The predicted molar refractivity (Wildman–Crippen MR) is 62.7 cm³/mol. The van der Waals surface area contributed by atoms with E-state index >= 15 is 0 Å². The average Bonchev–Trinajstić information content (AvgIpc) is 2.19. The van der Waals surface area contributed by atoms with E-state index in [4.69, 9.17) is 0 Å². The molecular weight excluding hydrogens is 172 g/mol. The van der Waals surface area contributed by atoms with Crippen molar-refractivity contribution >= 4 is 0 Å². The van der Waals surface area contributed by atoms with E-state index in [9.17, 15) is 0 Å². The first-order valence-electron chi connectivity index (χ1n) is 6.20. The van der Waals surface area contributed by atoms with Crippen molar-refractivity contribution in [2.75, 3.05) is 33.2 Å². The molecule has 1 saturated heterocycles. The second-order valence-electron chi connectivity index (χ2n) is 4.54. The van der Waals surface area contributed by atoms with Gasteiger partial charge in [0.05, 0.1) is 0 Å². The number of hydrogen-bond acceptors (Lipinski definition) is 2. The van der Waals surface area contributed by atoms with Gasteiger partial charge in [-0.2, -0.15) is 0 Å². The predicted octanol–water partition coefficient (Wildman–Crippen LogP) is 2.20. The number of likely N-dealkylation sites (tertiary alicyclic amines) is 1. The summed E-state index contributed by atoms with van der Waals surface area (Å²) in [5.74, 6) is 0. The van der Waals surface area contributed by atoms with Crippen LogP contribution in [0.25, 0.3) is 0 Å². The maximum atomic E-state index is 2.67. The Morgan fingerprint density at radius 3 is 2.71 bits per heavy atom. The first-order valence-corrected chi connectivity index (χ1v) is 6.20. The van der Waals surface area contributed by atoms with Crippen LogP contribution in [0.3, 0.4) is 0 Å². The Balaban J connectivity index is 2.34. The fraction of sp³-hybridized carbons (Fsp3) is 1.00. The molecule has 1 atom stereocenters. The van der Waals surface area contributed by atoms with Gasteiger partial charge >= 0.3 is 0 Å². The Hall–Kier alpha value is -0.0800. The standard InChI is InChI=1S/C12H26N2/c1-4-6-10-14(5-2)12-8-7-9-13(3)11-12/h12H,4-11H2,1-3H3. The zero-order chi connectivity index (χ0) is 10.4. The van der Waals surface area contributed by atoms with E-state index in [-0.39, 0.29) is 0 Å². The third-order valence-corrected chi connectivity index (χ3v) is 3.32. The third kappa shape index (κ3) is 3.58. The molecule has 2 nitrogen and oxygen atoms in total. The number of nitrogens with zero attached hydrogens (tertiary/aromatic N) is 2. The van der Waals surface area contributed by atoms with Crippen LogP contribution in [0, 0.1) is 0 Å². The molecular formula is C12H26N2. The maximum absolute atomic E-state index is 2.67. The van der Waals surface area contributed by atoms with Crippen molar-refractivity contribution < 1.29 is 0 Å². The van der Waals surface area contributed by atoms with Gasteiger partial charge in [0, 0.05) is 12.6 Å². The summed E-state index contributed by atoms with van der Waals surface area (Å²) in [4.78, 5) is 5.14. The van der Waals surface area contributed by atoms with Crippen LogP contribution in [0.1, 0.15) is 39.5 Å². The summed E-state index contributed by atoms with van der Waals surface area (Å²) in [6.07, 6.45) is 5.46. The molecule has 1 fully saturated rings. The number of rotatable bonds is 5. The first kappa shape index (κ1) is 12.0. The van der Waals surface area contributed by atoms with E-state index in [1.54, 1.807) is 0 Å². The highest BCUT2D eigenvalue weighted by Gasteiger charge is 2.21. The van der Waals surface area contributed by atoms with E-state index in [1.807, 2.05) is 0 Å². The molecule has 14 heavy (non-hydrogen) atoms. The zero-order valence-electron chi connectivity index (χ0n) is 10.1. The van der Waals surface area contributed by atoms with Crippen LogP contribution in [-0.4, -0.2) is 49.1 Å². The summed E-state index contributed by atoms with van der Waals surface area (Å²) >= 11 is 0. The summed E-state index contributed by atoms with van der Waals surface area (Å²) in [5, 5.41) is 0. The van der Waals surface area contributed by atoms with Gasteiger partial charge in [-0.1, -0.05) is 20.3 Å². The van der Waals surface area contributed by atoms with Crippen LogP contribution in [0.15, 0.2) is 0 Å². The molecule has 0 amide bonds. The van der Waals surface area contributed by atoms with E-state index in [2.05, 4.69) is 30.7 Å². The van der Waals surface area contributed by atoms with Crippen LogP contribution in [-0.2, 0) is 0 Å². The maximum Gasteiger partial charge on any atom is 0.0223 e. The Kier molecular flexibility index (Phi) is 5.49. The third-order valence-electron chi connectivity index (χ3n) is 3.32. The molecule has 0 radical (unpaired) electrons. The van der Waals surface area contributed by atoms with Gasteiger partial charge in [-0.15, -0.1) is 0 Å². The fourth-order valence-electron chi connectivity index (χ4n) is 2.40. The highest BCUT2D eigenvalue weighted by atomic mass is 15.2. The monoisotopic (exact) mass is 198 g/mol. The summed E-state index contributed by atoms with van der Waals surface area (Å²) < 4.78 is 0. The van der Waals surface area contributed by atoms with Gasteiger partial charge in [0.1, 0.15) is 0 Å². The summed E-state index contributed by atoms with van der Waals surface area (Å²) in [5.41, 5.74) is 0. The Morgan fingerprint density at radius 1 is 1.36 bits per heavy atom. The number of likely N-dealkylation sites (N-methyl/N-ethyl adjacent to an activating group) is 2. The minimum absolute atomic E-state index is 0.824. The van der Waals surface area contributed by atoms with Crippen molar-refractivity contribution in [1.82, 2.24) is 9.80 Å². The second kappa shape index (κ2) is 6.41. The van der Waals surface area contributed by atoms with Crippen molar-refractivity contribution in [2.45, 2.75) is 45.6 Å². The van der Waals surface area contributed by atoms with Gasteiger partial charge in [-0.05, 0) is 45.9 Å². The van der Waals surface area contributed by atoms with Gasteiger partial charge in [-0.25, -0.2) is 0 Å². The van der Waals surface area contributed by atoms with Crippen LogP contribution < -0.4 is 0 Å². The van der Waals surface area contributed by atoms with Gasteiger partial charge in [-0.3, -0.25) is 4.90 Å². The van der Waals surface area contributed by atoms with E-state index in [0.29, 0.717) is 0 Å². The molecule has 0 aromatic carbocycles. The molecule has 0 bridgehead atoms. The lowest BCUT2D eigenvalue weighted by molar-refractivity contribution is 0.115. The summed E-state index contributed by atoms with van der Waals surface area (Å²) in [6.45, 7) is 9.66.